The molecule has 0 aliphatic heterocycles. The lowest BCUT2D eigenvalue weighted by molar-refractivity contribution is -0.117. The van der Waals surface area contributed by atoms with Crippen molar-refractivity contribution in [1.82, 2.24) is 4.90 Å². The summed E-state index contributed by atoms with van der Waals surface area (Å²) in [6.07, 6.45) is 0. The zero-order chi connectivity index (χ0) is 16.1. The minimum atomic E-state index is -0.331. The molecule has 5 heteroatoms. The number of hydrogen-bond acceptors (Lipinski definition) is 2. The monoisotopic (exact) mass is 320 g/mol. The van der Waals surface area contributed by atoms with E-state index in [2.05, 4.69) is 5.32 Å². The van der Waals surface area contributed by atoms with E-state index in [0.717, 1.165) is 5.56 Å². The number of amides is 1. The predicted molar refractivity (Wildman–Crippen MR) is 87.5 cm³/mol. The summed E-state index contributed by atoms with van der Waals surface area (Å²) in [5, 5.41) is 3.42. The van der Waals surface area contributed by atoms with Gasteiger partial charge in [-0.3, -0.25) is 9.69 Å². The first-order chi connectivity index (χ1) is 10.5. The molecular formula is C17H18ClFN2O. The Morgan fingerprint density at radius 2 is 1.86 bits per heavy atom. The van der Waals surface area contributed by atoms with Gasteiger partial charge < -0.3 is 5.32 Å². The summed E-state index contributed by atoms with van der Waals surface area (Å²) in [6.45, 7) is 2.20. The third kappa shape index (κ3) is 4.29. The number of benzene rings is 2. The van der Waals surface area contributed by atoms with Crippen LogP contribution in [-0.2, 0) is 4.79 Å². The van der Waals surface area contributed by atoms with Gasteiger partial charge in [0.15, 0.2) is 0 Å². The number of nitrogens with zero attached hydrogens (tertiary/aromatic N) is 1. The van der Waals surface area contributed by atoms with Crippen molar-refractivity contribution < 1.29 is 9.18 Å². The predicted octanol–water partition coefficient (Wildman–Crippen LogP) is 4.11. The highest BCUT2D eigenvalue weighted by Crippen LogP contribution is 2.25. The average Bonchev–Trinajstić information content (AvgIpc) is 2.49. The fraction of sp³-hybridized carbons (Fsp3) is 0.235. The molecule has 116 valence electrons. The second kappa shape index (κ2) is 7.38. The van der Waals surface area contributed by atoms with E-state index >= 15 is 0 Å². The molecular weight excluding hydrogens is 303 g/mol. The van der Waals surface area contributed by atoms with E-state index in [0.29, 0.717) is 10.7 Å². The number of anilines is 1. The summed E-state index contributed by atoms with van der Waals surface area (Å²) in [5.74, 6) is -0.490. The van der Waals surface area contributed by atoms with Crippen molar-refractivity contribution in [3.8, 4) is 0 Å². The molecule has 1 unspecified atom stereocenters. The van der Waals surface area contributed by atoms with E-state index in [1.807, 2.05) is 43.1 Å². The van der Waals surface area contributed by atoms with Gasteiger partial charge in [-0.25, -0.2) is 4.39 Å². The van der Waals surface area contributed by atoms with Crippen LogP contribution in [0.3, 0.4) is 0 Å². The molecule has 0 aliphatic rings. The van der Waals surface area contributed by atoms with Gasteiger partial charge in [-0.2, -0.15) is 0 Å². The molecule has 2 aromatic rings. The number of rotatable bonds is 5. The number of halogens is 2. The third-order valence-corrected chi connectivity index (χ3v) is 3.88. The highest BCUT2D eigenvalue weighted by Gasteiger charge is 2.17. The first-order valence-electron chi connectivity index (χ1n) is 6.97. The van der Waals surface area contributed by atoms with Crippen LogP contribution in [0.2, 0.25) is 5.02 Å². The van der Waals surface area contributed by atoms with Gasteiger partial charge in [0.1, 0.15) is 5.82 Å². The van der Waals surface area contributed by atoms with Crippen molar-refractivity contribution in [2.45, 2.75) is 13.0 Å². The van der Waals surface area contributed by atoms with Crippen LogP contribution in [0.4, 0.5) is 10.1 Å². The Kier molecular flexibility index (Phi) is 5.52. The van der Waals surface area contributed by atoms with Crippen LogP contribution in [-0.4, -0.2) is 24.4 Å². The lowest BCUT2D eigenvalue weighted by Crippen LogP contribution is -2.32. The molecule has 22 heavy (non-hydrogen) atoms. The Labute approximate surface area is 134 Å². The molecule has 0 saturated heterocycles. The van der Waals surface area contributed by atoms with E-state index < -0.39 is 0 Å². The van der Waals surface area contributed by atoms with Gasteiger partial charge in [0.25, 0.3) is 0 Å². The maximum Gasteiger partial charge on any atom is 0.238 e. The van der Waals surface area contributed by atoms with Crippen molar-refractivity contribution >= 4 is 23.2 Å². The maximum atomic E-state index is 12.8. The molecule has 1 atom stereocenters. The van der Waals surface area contributed by atoms with Gasteiger partial charge in [0.2, 0.25) is 5.91 Å². The van der Waals surface area contributed by atoms with Crippen molar-refractivity contribution in [2.24, 2.45) is 0 Å². The van der Waals surface area contributed by atoms with E-state index in [1.165, 1.54) is 24.3 Å². The smallest absolute Gasteiger partial charge is 0.238 e. The first kappa shape index (κ1) is 16.5. The zero-order valence-corrected chi connectivity index (χ0v) is 13.3. The Morgan fingerprint density at radius 1 is 1.23 bits per heavy atom. The SMILES string of the molecule is CC(c1ccccc1Cl)N(C)CC(=O)Nc1ccc(F)cc1. The molecule has 1 N–H and O–H groups in total. The lowest BCUT2D eigenvalue weighted by atomic mass is 10.1. The molecule has 0 aromatic heterocycles. The fourth-order valence-corrected chi connectivity index (χ4v) is 2.44. The molecule has 0 saturated carbocycles. The molecule has 1 amide bonds. The number of carbonyl (C=O) groups excluding carboxylic acids is 1. The molecule has 3 nitrogen and oxygen atoms in total. The Bertz CT molecular complexity index is 645. The zero-order valence-electron chi connectivity index (χ0n) is 12.5. The van der Waals surface area contributed by atoms with Gasteiger partial charge in [-0.1, -0.05) is 29.8 Å². The first-order valence-corrected chi connectivity index (χ1v) is 7.35. The molecule has 0 bridgehead atoms. The van der Waals surface area contributed by atoms with Gasteiger partial charge in [-0.05, 0) is 49.9 Å². The molecule has 0 heterocycles. The van der Waals surface area contributed by atoms with Crippen LogP contribution in [0.15, 0.2) is 48.5 Å². The summed E-state index contributed by atoms with van der Waals surface area (Å²) >= 11 is 6.18. The quantitative estimate of drug-likeness (QED) is 0.899. The van der Waals surface area contributed by atoms with E-state index in [-0.39, 0.29) is 24.3 Å². The van der Waals surface area contributed by atoms with Gasteiger partial charge in [-0.15, -0.1) is 0 Å². The average molecular weight is 321 g/mol. The highest BCUT2D eigenvalue weighted by molar-refractivity contribution is 6.31. The van der Waals surface area contributed by atoms with E-state index in [4.69, 9.17) is 11.6 Å². The van der Waals surface area contributed by atoms with Crippen LogP contribution in [0.5, 0.6) is 0 Å². The Balaban J connectivity index is 1.96. The summed E-state index contributed by atoms with van der Waals surface area (Å²) in [6, 6.07) is 13.3. The number of carbonyl (C=O) groups is 1. The second-order valence-corrected chi connectivity index (χ2v) is 5.57. The topological polar surface area (TPSA) is 32.3 Å². The number of hydrogen-bond donors (Lipinski definition) is 1. The lowest BCUT2D eigenvalue weighted by Gasteiger charge is -2.25. The molecule has 2 aromatic carbocycles. The summed E-state index contributed by atoms with van der Waals surface area (Å²) < 4.78 is 12.8. The maximum absolute atomic E-state index is 12.8. The fourth-order valence-electron chi connectivity index (χ4n) is 2.15. The van der Waals surface area contributed by atoms with Crippen LogP contribution in [0, 0.1) is 5.82 Å². The second-order valence-electron chi connectivity index (χ2n) is 5.17. The standard InChI is InChI=1S/C17H18ClFN2O/c1-12(15-5-3-4-6-16(15)18)21(2)11-17(22)20-14-9-7-13(19)8-10-14/h3-10,12H,11H2,1-2H3,(H,20,22). The van der Waals surface area contributed by atoms with Crippen LogP contribution in [0.25, 0.3) is 0 Å². The van der Waals surface area contributed by atoms with E-state index in [1.54, 1.807) is 0 Å². The van der Waals surface area contributed by atoms with Crippen LogP contribution >= 0.6 is 11.6 Å². The van der Waals surface area contributed by atoms with Crippen molar-refractivity contribution in [1.29, 1.82) is 0 Å². The minimum absolute atomic E-state index is 0.00710. The third-order valence-electron chi connectivity index (χ3n) is 3.54. The van der Waals surface area contributed by atoms with E-state index in [9.17, 15) is 9.18 Å². The molecule has 0 spiro atoms. The largest absolute Gasteiger partial charge is 0.325 e. The number of nitrogens with one attached hydrogen (secondary N) is 1. The molecule has 0 aliphatic carbocycles. The Morgan fingerprint density at radius 3 is 2.50 bits per heavy atom. The number of likely N-dealkylation sites (N-methyl/N-ethyl adjacent to an activating group) is 1. The van der Waals surface area contributed by atoms with Gasteiger partial charge in [0.05, 0.1) is 6.54 Å². The normalized spacial score (nSPS) is 12.2. The van der Waals surface area contributed by atoms with Crippen molar-refractivity contribution in [2.75, 3.05) is 18.9 Å². The van der Waals surface area contributed by atoms with Crippen LogP contribution < -0.4 is 5.32 Å². The van der Waals surface area contributed by atoms with Crippen molar-refractivity contribution in [3.63, 3.8) is 0 Å². The van der Waals surface area contributed by atoms with Crippen LogP contribution in [0.1, 0.15) is 18.5 Å². The minimum Gasteiger partial charge on any atom is -0.325 e. The van der Waals surface area contributed by atoms with Gasteiger partial charge in [0, 0.05) is 16.8 Å². The molecule has 0 fully saturated rings. The summed E-state index contributed by atoms with van der Waals surface area (Å²) in [4.78, 5) is 14.0. The molecule has 0 radical (unpaired) electrons. The van der Waals surface area contributed by atoms with Crippen molar-refractivity contribution in [3.05, 3.63) is 64.9 Å². The van der Waals surface area contributed by atoms with Gasteiger partial charge >= 0.3 is 0 Å². The summed E-state index contributed by atoms with van der Waals surface area (Å²) in [5.41, 5.74) is 1.55. The highest BCUT2D eigenvalue weighted by atomic mass is 35.5. The Hall–Kier alpha value is -1.91. The molecule has 2 rings (SSSR count). The summed E-state index contributed by atoms with van der Waals surface area (Å²) in [7, 11) is 1.86.